The normalized spacial score (nSPS) is 15.6. The highest BCUT2D eigenvalue weighted by Gasteiger charge is 2.24. The third-order valence-electron chi connectivity index (χ3n) is 4.69. The van der Waals surface area contributed by atoms with Gasteiger partial charge in [-0.2, -0.15) is 0 Å². The maximum atomic E-state index is 12.4. The van der Waals surface area contributed by atoms with Crippen molar-refractivity contribution >= 4 is 11.9 Å². The maximum Gasteiger partial charge on any atom is 0.317 e. The Hall–Kier alpha value is -2.24. The fourth-order valence-corrected chi connectivity index (χ4v) is 2.76. The van der Waals surface area contributed by atoms with Gasteiger partial charge in [-0.25, -0.2) is 4.79 Å². The van der Waals surface area contributed by atoms with Crippen molar-refractivity contribution < 1.29 is 14.3 Å². The molecule has 6 heteroatoms. The summed E-state index contributed by atoms with van der Waals surface area (Å²) in [6, 6.07) is 7.95. The Balaban J connectivity index is 1.74. The molecule has 0 saturated carbocycles. The number of rotatable bonds is 6. The third-order valence-corrected chi connectivity index (χ3v) is 4.69. The molecular weight excluding hydrogens is 318 g/mol. The Morgan fingerprint density at radius 2 is 1.72 bits per heavy atom. The number of nitrogens with zero attached hydrogens (tertiary/aromatic N) is 2. The van der Waals surface area contributed by atoms with Crippen LogP contribution < -0.4 is 10.1 Å². The van der Waals surface area contributed by atoms with Crippen LogP contribution in [0.15, 0.2) is 24.3 Å². The molecule has 0 bridgehead atoms. The Bertz CT molecular complexity index is 566. The van der Waals surface area contributed by atoms with Crippen molar-refractivity contribution in [2.45, 2.75) is 39.2 Å². The van der Waals surface area contributed by atoms with Crippen LogP contribution in [0.25, 0.3) is 0 Å². The summed E-state index contributed by atoms with van der Waals surface area (Å²) in [5, 5.41) is 2.97. The van der Waals surface area contributed by atoms with Gasteiger partial charge in [0.05, 0.1) is 7.11 Å². The lowest BCUT2D eigenvalue weighted by Crippen LogP contribution is -2.54. The van der Waals surface area contributed by atoms with Crippen LogP contribution in [0, 0.1) is 0 Å². The van der Waals surface area contributed by atoms with E-state index in [1.165, 1.54) is 0 Å². The molecule has 1 N–H and O–H groups in total. The number of urea groups is 1. The summed E-state index contributed by atoms with van der Waals surface area (Å²) in [6.07, 6.45) is 2.12. The zero-order chi connectivity index (χ0) is 18.2. The van der Waals surface area contributed by atoms with Gasteiger partial charge < -0.3 is 19.9 Å². The maximum absolute atomic E-state index is 12.4. The average molecular weight is 347 g/mol. The number of nitrogens with one attached hydrogen (secondary N) is 1. The smallest absolute Gasteiger partial charge is 0.317 e. The molecule has 0 aromatic heterocycles. The summed E-state index contributed by atoms with van der Waals surface area (Å²) in [4.78, 5) is 28.1. The van der Waals surface area contributed by atoms with Gasteiger partial charge in [0.15, 0.2) is 0 Å². The fraction of sp³-hybridized carbons (Fsp3) is 0.579. The monoisotopic (exact) mass is 347 g/mol. The number of amides is 3. The molecule has 6 nitrogen and oxygen atoms in total. The van der Waals surface area contributed by atoms with Gasteiger partial charge in [0, 0.05) is 38.6 Å². The number of hydrogen-bond donors (Lipinski definition) is 1. The molecule has 138 valence electrons. The van der Waals surface area contributed by atoms with Gasteiger partial charge in [-0.05, 0) is 37.5 Å². The lowest BCUT2D eigenvalue weighted by molar-refractivity contribution is -0.132. The molecule has 1 fully saturated rings. The molecule has 1 aromatic rings. The third kappa shape index (κ3) is 5.66. The summed E-state index contributed by atoms with van der Waals surface area (Å²) in [6.45, 7) is 6.44. The number of carbonyl (C=O) groups is 2. The van der Waals surface area contributed by atoms with E-state index in [2.05, 4.69) is 5.32 Å². The molecule has 0 spiro atoms. The number of carbonyl (C=O) groups excluding carboxylic acids is 2. The fourth-order valence-electron chi connectivity index (χ4n) is 2.76. The number of piperazine rings is 1. The van der Waals surface area contributed by atoms with Crippen molar-refractivity contribution in [2.75, 3.05) is 33.3 Å². The van der Waals surface area contributed by atoms with Crippen LogP contribution in [0.3, 0.4) is 0 Å². The van der Waals surface area contributed by atoms with E-state index in [9.17, 15) is 9.59 Å². The standard InChI is InChI=1S/C19H29N3O3/c1-4-15(2)20-19(24)22-13-11-21(12-14-22)18(23)10-7-16-5-8-17(25-3)9-6-16/h5-6,8-9,15H,4,7,10-14H2,1-3H3,(H,20,24). The zero-order valence-electron chi connectivity index (χ0n) is 15.5. The number of hydrogen-bond acceptors (Lipinski definition) is 3. The Morgan fingerprint density at radius 3 is 2.28 bits per heavy atom. The minimum absolute atomic E-state index is 0.0281. The second kappa shape index (κ2) is 9.30. The summed E-state index contributed by atoms with van der Waals surface area (Å²) in [5.74, 6) is 0.972. The van der Waals surface area contributed by atoms with Gasteiger partial charge in [-0.3, -0.25) is 4.79 Å². The SMILES string of the molecule is CCC(C)NC(=O)N1CCN(C(=O)CCc2ccc(OC)cc2)CC1. The van der Waals surface area contributed by atoms with Gasteiger partial charge in [0.2, 0.25) is 5.91 Å². The van der Waals surface area contributed by atoms with Crippen LogP contribution in [-0.4, -0.2) is 61.1 Å². The molecule has 1 saturated heterocycles. The molecule has 1 aromatic carbocycles. The quantitative estimate of drug-likeness (QED) is 0.859. The Morgan fingerprint density at radius 1 is 1.12 bits per heavy atom. The minimum atomic E-state index is -0.0281. The lowest BCUT2D eigenvalue weighted by atomic mass is 10.1. The van der Waals surface area contributed by atoms with Crippen LogP contribution in [0.2, 0.25) is 0 Å². The second-order valence-electron chi connectivity index (χ2n) is 6.47. The van der Waals surface area contributed by atoms with E-state index in [0.29, 0.717) is 32.6 Å². The molecule has 1 heterocycles. The zero-order valence-corrected chi connectivity index (χ0v) is 15.5. The van der Waals surface area contributed by atoms with Crippen LogP contribution in [0.4, 0.5) is 4.79 Å². The van der Waals surface area contributed by atoms with Crippen molar-refractivity contribution in [2.24, 2.45) is 0 Å². The first-order chi connectivity index (χ1) is 12.0. The summed E-state index contributed by atoms with van der Waals surface area (Å²) < 4.78 is 5.14. The predicted octanol–water partition coefficient (Wildman–Crippen LogP) is 2.28. The first kappa shape index (κ1) is 19.1. The molecule has 2 rings (SSSR count). The van der Waals surface area contributed by atoms with Gasteiger partial charge in [-0.15, -0.1) is 0 Å². The Kier molecular flexibility index (Phi) is 7.10. The lowest BCUT2D eigenvalue weighted by Gasteiger charge is -2.35. The van der Waals surface area contributed by atoms with E-state index < -0.39 is 0 Å². The van der Waals surface area contributed by atoms with Crippen molar-refractivity contribution in [3.63, 3.8) is 0 Å². The van der Waals surface area contributed by atoms with E-state index in [1.807, 2.05) is 43.0 Å². The van der Waals surface area contributed by atoms with Crippen LogP contribution >= 0.6 is 0 Å². The van der Waals surface area contributed by atoms with Gasteiger partial charge in [-0.1, -0.05) is 19.1 Å². The predicted molar refractivity (Wildman–Crippen MR) is 97.8 cm³/mol. The highest BCUT2D eigenvalue weighted by molar-refractivity contribution is 5.78. The summed E-state index contributed by atoms with van der Waals surface area (Å²) in [5.41, 5.74) is 1.13. The topological polar surface area (TPSA) is 61.9 Å². The van der Waals surface area contributed by atoms with E-state index in [0.717, 1.165) is 24.2 Å². The van der Waals surface area contributed by atoms with Crippen molar-refractivity contribution in [1.29, 1.82) is 0 Å². The molecule has 1 atom stereocenters. The van der Waals surface area contributed by atoms with Crippen molar-refractivity contribution in [3.8, 4) is 5.75 Å². The van der Waals surface area contributed by atoms with E-state index in [-0.39, 0.29) is 18.0 Å². The van der Waals surface area contributed by atoms with Crippen LogP contribution in [0.1, 0.15) is 32.3 Å². The van der Waals surface area contributed by atoms with Gasteiger partial charge >= 0.3 is 6.03 Å². The van der Waals surface area contributed by atoms with E-state index in [1.54, 1.807) is 12.0 Å². The molecule has 1 aliphatic rings. The van der Waals surface area contributed by atoms with Gasteiger partial charge in [0.1, 0.15) is 5.75 Å². The Labute approximate surface area is 150 Å². The van der Waals surface area contributed by atoms with Crippen molar-refractivity contribution in [3.05, 3.63) is 29.8 Å². The molecule has 25 heavy (non-hydrogen) atoms. The van der Waals surface area contributed by atoms with E-state index in [4.69, 9.17) is 4.74 Å². The highest BCUT2D eigenvalue weighted by atomic mass is 16.5. The van der Waals surface area contributed by atoms with Crippen molar-refractivity contribution in [1.82, 2.24) is 15.1 Å². The molecule has 0 aliphatic carbocycles. The van der Waals surface area contributed by atoms with Gasteiger partial charge in [0.25, 0.3) is 0 Å². The summed E-state index contributed by atoms with van der Waals surface area (Å²) >= 11 is 0. The van der Waals surface area contributed by atoms with Crippen LogP contribution in [0.5, 0.6) is 5.75 Å². The number of methoxy groups -OCH3 is 1. The number of ether oxygens (including phenoxy) is 1. The van der Waals surface area contributed by atoms with Crippen LogP contribution in [-0.2, 0) is 11.2 Å². The summed E-state index contributed by atoms with van der Waals surface area (Å²) in [7, 11) is 1.64. The minimum Gasteiger partial charge on any atom is -0.497 e. The molecule has 3 amide bonds. The van der Waals surface area contributed by atoms with E-state index >= 15 is 0 Å². The first-order valence-corrected chi connectivity index (χ1v) is 8.99. The number of aryl methyl sites for hydroxylation is 1. The average Bonchev–Trinajstić information content (AvgIpc) is 2.66. The first-order valence-electron chi connectivity index (χ1n) is 8.99. The largest absolute Gasteiger partial charge is 0.497 e. The molecule has 1 aliphatic heterocycles. The number of benzene rings is 1. The molecule has 0 radical (unpaired) electrons. The highest BCUT2D eigenvalue weighted by Crippen LogP contribution is 2.13. The second-order valence-corrected chi connectivity index (χ2v) is 6.47. The molecular formula is C19H29N3O3. The molecule has 1 unspecified atom stereocenters.